The molecule has 0 aliphatic carbocycles. The van der Waals surface area contributed by atoms with Crippen molar-refractivity contribution in [1.82, 2.24) is 0 Å². The molecule has 0 radical (unpaired) electrons. The van der Waals surface area contributed by atoms with Crippen molar-refractivity contribution in [3.05, 3.63) is 52.5 Å². The van der Waals surface area contributed by atoms with E-state index in [1.165, 1.54) is 0 Å². The summed E-state index contributed by atoms with van der Waals surface area (Å²) in [4.78, 5) is 1.13. The molecule has 0 N–H and O–H groups in total. The summed E-state index contributed by atoms with van der Waals surface area (Å²) in [6.45, 7) is 4.20. The summed E-state index contributed by atoms with van der Waals surface area (Å²) in [6.07, 6.45) is 5.49. The first-order chi connectivity index (χ1) is 10.9. The predicted octanol–water partition coefficient (Wildman–Crippen LogP) is 4.39. The van der Waals surface area contributed by atoms with Crippen molar-refractivity contribution in [2.75, 3.05) is 6.26 Å². The normalized spacial score (nSPS) is 17.9. The van der Waals surface area contributed by atoms with Gasteiger partial charge in [0.25, 0.3) is 0 Å². The Balaban J connectivity index is 2.03. The van der Waals surface area contributed by atoms with Gasteiger partial charge in [0.05, 0.1) is 6.54 Å². The van der Waals surface area contributed by atoms with Gasteiger partial charge in [-0.3, -0.25) is 0 Å². The maximum atomic E-state index is 12.0. The maximum Gasteiger partial charge on any atom is 0.384 e. The fraction of sp³-hybridized carbons (Fsp3) is 0.267. The highest BCUT2D eigenvalue weighted by Crippen LogP contribution is 2.29. The van der Waals surface area contributed by atoms with E-state index in [1.807, 2.05) is 38.3 Å². The third-order valence-corrected chi connectivity index (χ3v) is 7.87. The van der Waals surface area contributed by atoms with E-state index < -0.39 is 18.7 Å². The molecule has 1 aliphatic rings. The van der Waals surface area contributed by atoms with Gasteiger partial charge in [-0.15, -0.1) is 16.9 Å². The average molecular weight is 371 g/mol. The summed E-state index contributed by atoms with van der Waals surface area (Å²) in [6, 6.07) is 5.91. The summed E-state index contributed by atoms with van der Waals surface area (Å²) in [5, 5.41) is 10.4. The Morgan fingerprint density at radius 1 is 1.30 bits per heavy atom. The molecule has 0 saturated heterocycles. The number of rotatable bonds is 6. The highest BCUT2D eigenvalue weighted by molar-refractivity contribution is 8.79. The Bertz CT molecular complexity index is 809. The minimum Gasteiger partial charge on any atom is -0.240 e. The van der Waals surface area contributed by atoms with Crippen LogP contribution in [0.4, 0.5) is 0 Å². The molecule has 1 heterocycles. The van der Waals surface area contributed by atoms with Gasteiger partial charge in [-0.2, -0.15) is 8.42 Å². The first kappa shape index (κ1) is 18.0. The molecular formula is C15H18N2O3S3. The van der Waals surface area contributed by atoms with E-state index in [0.29, 0.717) is 0 Å². The van der Waals surface area contributed by atoms with Crippen LogP contribution in [0.3, 0.4) is 0 Å². The number of hydrogen-bond acceptors (Lipinski definition) is 6. The topological polar surface area (TPSA) is 68.1 Å². The first-order valence-electron chi connectivity index (χ1n) is 6.79. The van der Waals surface area contributed by atoms with Crippen LogP contribution in [0.5, 0.6) is 0 Å². The van der Waals surface area contributed by atoms with Crippen molar-refractivity contribution >= 4 is 35.8 Å². The Labute approximate surface area is 142 Å². The van der Waals surface area contributed by atoms with Crippen LogP contribution in [0.1, 0.15) is 18.1 Å². The molecule has 2 rings (SSSR count). The molecule has 1 unspecified atom stereocenters. The third-order valence-electron chi connectivity index (χ3n) is 3.09. The van der Waals surface area contributed by atoms with Crippen LogP contribution in [0.25, 0.3) is 0 Å². The van der Waals surface area contributed by atoms with Crippen molar-refractivity contribution in [2.24, 2.45) is 10.4 Å². The molecule has 1 aromatic carbocycles. The number of nitrogens with zero attached hydrogens (tertiary/aromatic N) is 2. The molecule has 0 amide bonds. The van der Waals surface area contributed by atoms with Gasteiger partial charge in [0.2, 0.25) is 0 Å². The summed E-state index contributed by atoms with van der Waals surface area (Å²) < 4.78 is 28.7. The minimum atomic E-state index is -3.81. The zero-order chi connectivity index (χ0) is 16.9. The van der Waals surface area contributed by atoms with Gasteiger partial charge in [0, 0.05) is 10.2 Å². The fourth-order valence-electron chi connectivity index (χ4n) is 1.92. The largest absolute Gasteiger partial charge is 0.384 e. The summed E-state index contributed by atoms with van der Waals surface area (Å²) in [5.41, 5.74) is 3.14. The summed E-state index contributed by atoms with van der Waals surface area (Å²) in [7, 11) is -4.93. The molecule has 124 valence electrons. The average Bonchev–Trinajstić information content (AvgIpc) is 2.52. The molecule has 0 fully saturated rings. The molecule has 0 saturated carbocycles. The maximum absolute atomic E-state index is 12.0. The lowest BCUT2D eigenvalue weighted by Gasteiger charge is -2.07. The molecular weight excluding hydrogens is 352 g/mol. The second-order valence-corrected chi connectivity index (χ2v) is 10.2. The summed E-state index contributed by atoms with van der Waals surface area (Å²) in [5.74, 6) is 0. The Hall–Kier alpha value is -1.38. The Kier molecular flexibility index (Phi) is 6.20. The van der Waals surface area contributed by atoms with E-state index in [0.717, 1.165) is 21.6 Å². The highest BCUT2D eigenvalue weighted by Gasteiger charge is 2.16. The van der Waals surface area contributed by atoms with Gasteiger partial charge in [0.15, 0.2) is 0 Å². The van der Waals surface area contributed by atoms with Gasteiger partial charge in [-0.05, 0) is 51.5 Å². The SMILES string of the molecule is CSc1c(C)cccc1CN=NOS(=O)(=O)S1=CC=C(C)C=C1. The predicted molar refractivity (Wildman–Crippen MR) is 98.1 cm³/mol. The van der Waals surface area contributed by atoms with Crippen LogP contribution in [0.15, 0.2) is 56.6 Å². The van der Waals surface area contributed by atoms with E-state index in [1.54, 1.807) is 34.7 Å². The standard InChI is InChI=1S/C15H18N2O3S3/c1-12-7-9-22(10-8-12)23(18,19)20-17-16-11-14-6-4-5-13(2)15(14)21-3/h4-10H,11H2,1-3H3. The quantitative estimate of drug-likeness (QED) is 0.245. The van der Waals surface area contributed by atoms with Gasteiger partial charge >= 0.3 is 9.15 Å². The smallest absolute Gasteiger partial charge is 0.240 e. The van der Waals surface area contributed by atoms with E-state index in [-0.39, 0.29) is 6.54 Å². The van der Waals surface area contributed by atoms with Crippen LogP contribution >= 0.6 is 21.3 Å². The van der Waals surface area contributed by atoms with Crippen LogP contribution in [0.2, 0.25) is 0 Å². The van der Waals surface area contributed by atoms with E-state index in [2.05, 4.69) is 14.7 Å². The lowest BCUT2D eigenvalue weighted by atomic mass is 10.1. The summed E-state index contributed by atoms with van der Waals surface area (Å²) >= 11 is 1.63. The van der Waals surface area contributed by atoms with Crippen molar-refractivity contribution in [2.45, 2.75) is 25.3 Å². The van der Waals surface area contributed by atoms with Crippen LogP contribution in [-0.4, -0.2) is 20.0 Å². The van der Waals surface area contributed by atoms with E-state index >= 15 is 0 Å². The van der Waals surface area contributed by atoms with Gasteiger partial charge < -0.3 is 0 Å². The van der Waals surface area contributed by atoms with Crippen LogP contribution < -0.4 is 0 Å². The number of allylic oxidation sites excluding steroid dienone is 3. The molecule has 23 heavy (non-hydrogen) atoms. The van der Waals surface area contributed by atoms with Gasteiger partial charge in [-0.1, -0.05) is 35.9 Å². The molecule has 1 atom stereocenters. The number of aryl methyl sites for hydroxylation is 1. The molecule has 0 bridgehead atoms. The van der Waals surface area contributed by atoms with Crippen molar-refractivity contribution in [1.29, 1.82) is 0 Å². The molecule has 0 spiro atoms. The second kappa shape index (κ2) is 7.94. The molecule has 1 aliphatic heterocycles. The zero-order valence-electron chi connectivity index (χ0n) is 13.1. The number of benzene rings is 1. The Morgan fingerprint density at radius 2 is 2.09 bits per heavy atom. The van der Waals surface area contributed by atoms with Gasteiger partial charge in [-0.25, -0.2) is 4.28 Å². The second-order valence-electron chi connectivity index (χ2n) is 4.81. The highest BCUT2D eigenvalue weighted by atomic mass is 33.2. The number of thioether (sulfide) groups is 1. The fourth-order valence-corrected chi connectivity index (χ4v) is 5.41. The van der Waals surface area contributed by atoms with Gasteiger partial charge in [0.1, 0.15) is 0 Å². The van der Waals surface area contributed by atoms with Crippen LogP contribution in [-0.2, 0) is 20.0 Å². The first-order valence-corrected chi connectivity index (χ1v) is 11.3. The molecule has 8 heteroatoms. The van der Waals surface area contributed by atoms with Crippen molar-refractivity contribution < 1.29 is 12.7 Å². The minimum absolute atomic E-state index is 0.277. The van der Waals surface area contributed by atoms with Crippen molar-refractivity contribution in [3.8, 4) is 0 Å². The van der Waals surface area contributed by atoms with E-state index in [9.17, 15) is 8.42 Å². The van der Waals surface area contributed by atoms with E-state index in [4.69, 9.17) is 0 Å². The molecule has 5 nitrogen and oxygen atoms in total. The monoisotopic (exact) mass is 370 g/mol. The molecule has 1 aromatic rings. The number of hydrogen-bond donors (Lipinski definition) is 0. The lowest BCUT2D eigenvalue weighted by molar-refractivity contribution is 0.316. The molecule has 0 aromatic heterocycles. The lowest BCUT2D eigenvalue weighted by Crippen LogP contribution is -1.99. The third kappa shape index (κ3) is 4.79. The Morgan fingerprint density at radius 3 is 2.74 bits per heavy atom. The van der Waals surface area contributed by atoms with Crippen molar-refractivity contribution in [3.63, 3.8) is 0 Å². The van der Waals surface area contributed by atoms with Crippen LogP contribution in [0, 0.1) is 6.92 Å². The zero-order valence-corrected chi connectivity index (χ0v) is 15.5.